The Bertz CT molecular complexity index is 312. The number of methoxy groups -OCH3 is 2. The second-order valence-corrected chi connectivity index (χ2v) is 3.63. The highest BCUT2D eigenvalue weighted by molar-refractivity contribution is 5.39. The van der Waals surface area contributed by atoms with Crippen LogP contribution in [0.25, 0.3) is 0 Å². The molecule has 3 nitrogen and oxygen atoms in total. The van der Waals surface area contributed by atoms with Crippen LogP contribution in [0, 0.1) is 6.92 Å². The van der Waals surface area contributed by atoms with E-state index in [2.05, 4.69) is 13.0 Å². The van der Waals surface area contributed by atoms with Crippen molar-refractivity contribution in [3.05, 3.63) is 29.3 Å². The third-order valence-electron chi connectivity index (χ3n) is 2.48. The first-order chi connectivity index (χ1) is 7.22. The fourth-order valence-corrected chi connectivity index (χ4v) is 1.66. The molecule has 1 atom stereocenters. The molecular weight excluding hydrogens is 190 g/mol. The Morgan fingerprint density at radius 1 is 1.33 bits per heavy atom. The molecule has 0 saturated carbocycles. The van der Waals surface area contributed by atoms with Gasteiger partial charge >= 0.3 is 0 Å². The zero-order valence-electron chi connectivity index (χ0n) is 9.62. The van der Waals surface area contributed by atoms with Crippen LogP contribution in [-0.4, -0.2) is 27.4 Å². The van der Waals surface area contributed by atoms with Crippen LogP contribution in [0.3, 0.4) is 0 Å². The summed E-state index contributed by atoms with van der Waals surface area (Å²) in [5, 5.41) is 0. The third-order valence-corrected chi connectivity index (χ3v) is 2.48. The van der Waals surface area contributed by atoms with Crippen LogP contribution in [0.15, 0.2) is 18.2 Å². The number of hydrogen-bond acceptors (Lipinski definition) is 3. The van der Waals surface area contributed by atoms with Crippen molar-refractivity contribution in [3.8, 4) is 5.75 Å². The number of hydrogen-bond donors (Lipinski definition) is 1. The summed E-state index contributed by atoms with van der Waals surface area (Å²) in [4.78, 5) is 0. The van der Waals surface area contributed by atoms with E-state index in [9.17, 15) is 0 Å². The van der Waals surface area contributed by atoms with E-state index in [1.54, 1.807) is 14.2 Å². The molecule has 0 amide bonds. The van der Waals surface area contributed by atoms with Crippen molar-refractivity contribution in [1.29, 1.82) is 0 Å². The minimum atomic E-state index is 0.199. The van der Waals surface area contributed by atoms with E-state index in [1.807, 2.05) is 12.1 Å². The van der Waals surface area contributed by atoms with Crippen LogP contribution >= 0.6 is 0 Å². The summed E-state index contributed by atoms with van der Waals surface area (Å²) in [6.45, 7) is 3.24. The van der Waals surface area contributed by atoms with Crippen molar-refractivity contribution in [2.24, 2.45) is 5.73 Å². The standard InChI is InChI=1S/C12H19NO2/c1-9-4-5-12(15-3)11(6-9)10(7-13)8-14-2/h4-6,10H,7-8,13H2,1-3H3. The van der Waals surface area contributed by atoms with E-state index in [1.165, 1.54) is 5.56 Å². The van der Waals surface area contributed by atoms with E-state index >= 15 is 0 Å². The molecule has 0 aliphatic carbocycles. The minimum Gasteiger partial charge on any atom is -0.496 e. The quantitative estimate of drug-likeness (QED) is 0.802. The second-order valence-electron chi connectivity index (χ2n) is 3.63. The molecule has 2 N–H and O–H groups in total. The molecule has 1 unspecified atom stereocenters. The molecule has 3 heteroatoms. The molecule has 0 heterocycles. The summed E-state index contributed by atoms with van der Waals surface area (Å²) in [6.07, 6.45) is 0. The van der Waals surface area contributed by atoms with Gasteiger partial charge in [-0.3, -0.25) is 0 Å². The average Bonchev–Trinajstić information content (AvgIpc) is 2.26. The van der Waals surface area contributed by atoms with Crippen LogP contribution < -0.4 is 10.5 Å². The first-order valence-electron chi connectivity index (χ1n) is 5.06. The molecule has 1 aromatic rings. The van der Waals surface area contributed by atoms with Gasteiger partial charge in [0.2, 0.25) is 0 Å². The SMILES string of the molecule is COCC(CN)c1cc(C)ccc1OC. The summed E-state index contributed by atoms with van der Waals surface area (Å²) < 4.78 is 10.5. The third kappa shape index (κ3) is 2.94. The molecule has 0 aliphatic heterocycles. The van der Waals surface area contributed by atoms with Crippen LogP contribution in [-0.2, 0) is 4.74 Å². The van der Waals surface area contributed by atoms with Crippen LogP contribution in [0.4, 0.5) is 0 Å². The van der Waals surface area contributed by atoms with E-state index in [-0.39, 0.29) is 5.92 Å². The molecule has 0 aliphatic rings. The summed E-state index contributed by atoms with van der Waals surface area (Å²) >= 11 is 0. The molecule has 0 radical (unpaired) electrons. The van der Waals surface area contributed by atoms with Gasteiger partial charge in [-0.2, -0.15) is 0 Å². The highest BCUT2D eigenvalue weighted by Crippen LogP contribution is 2.27. The molecule has 0 saturated heterocycles. The number of ether oxygens (including phenoxy) is 2. The maximum absolute atomic E-state index is 5.73. The molecule has 84 valence electrons. The first kappa shape index (κ1) is 12.0. The van der Waals surface area contributed by atoms with Crippen molar-refractivity contribution < 1.29 is 9.47 Å². The predicted octanol–water partition coefficient (Wildman–Crippen LogP) is 1.69. The van der Waals surface area contributed by atoms with Gasteiger partial charge in [-0.25, -0.2) is 0 Å². The predicted molar refractivity (Wildman–Crippen MR) is 61.4 cm³/mol. The Kier molecular flexibility index (Phi) is 4.59. The maximum atomic E-state index is 5.73. The second kappa shape index (κ2) is 5.73. The van der Waals surface area contributed by atoms with Crippen molar-refractivity contribution in [2.45, 2.75) is 12.8 Å². The lowest BCUT2D eigenvalue weighted by Gasteiger charge is -2.18. The van der Waals surface area contributed by atoms with Crippen LogP contribution in [0.5, 0.6) is 5.75 Å². The molecule has 15 heavy (non-hydrogen) atoms. The number of nitrogens with two attached hydrogens (primary N) is 1. The van der Waals surface area contributed by atoms with Gasteiger partial charge in [-0.15, -0.1) is 0 Å². The van der Waals surface area contributed by atoms with Gasteiger partial charge < -0.3 is 15.2 Å². The van der Waals surface area contributed by atoms with Gasteiger partial charge in [-0.1, -0.05) is 17.7 Å². The zero-order chi connectivity index (χ0) is 11.3. The van der Waals surface area contributed by atoms with Crippen molar-refractivity contribution in [1.82, 2.24) is 0 Å². The van der Waals surface area contributed by atoms with Gasteiger partial charge in [0.15, 0.2) is 0 Å². The highest BCUT2D eigenvalue weighted by atomic mass is 16.5. The Balaban J connectivity index is 3.02. The Morgan fingerprint density at radius 2 is 2.07 bits per heavy atom. The van der Waals surface area contributed by atoms with Gasteiger partial charge in [-0.05, 0) is 13.0 Å². The normalized spacial score (nSPS) is 12.5. The fraction of sp³-hybridized carbons (Fsp3) is 0.500. The van der Waals surface area contributed by atoms with Crippen LogP contribution in [0.1, 0.15) is 17.0 Å². The van der Waals surface area contributed by atoms with Gasteiger partial charge in [0.25, 0.3) is 0 Å². The summed E-state index contributed by atoms with van der Waals surface area (Å²) in [6, 6.07) is 6.11. The molecule has 0 aromatic heterocycles. The minimum absolute atomic E-state index is 0.199. The highest BCUT2D eigenvalue weighted by Gasteiger charge is 2.14. The summed E-state index contributed by atoms with van der Waals surface area (Å²) in [5.74, 6) is 1.08. The topological polar surface area (TPSA) is 44.5 Å². The lowest BCUT2D eigenvalue weighted by Crippen LogP contribution is -2.18. The molecule has 1 rings (SSSR count). The summed E-state index contributed by atoms with van der Waals surface area (Å²) in [5.41, 5.74) is 8.06. The van der Waals surface area contributed by atoms with Gasteiger partial charge in [0, 0.05) is 25.1 Å². The van der Waals surface area contributed by atoms with E-state index in [0.29, 0.717) is 13.2 Å². The monoisotopic (exact) mass is 209 g/mol. The number of benzene rings is 1. The maximum Gasteiger partial charge on any atom is 0.122 e. The van der Waals surface area contributed by atoms with E-state index in [4.69, 9.17) is 15.2 Å². The lowest BCUT2D eigenvalue weighted by atomic mass is 9.97. The van der Waals surface area contributed by atoms with Gasteiger partial charge in [0.1, 0.15) is 5.75 Å². The Labute approximate surface area is 91.2 Å². The molecule has 0 spiro atoms. The smallest absolute Gasteiger partial charge is 0.122 e. The first-order valence-corrected chi connectivity index (χ1v) is 5.06. The Hall–Kier alpha value is -1.06. The fourth-order valence-electron chi connectivity index (χ4n) is 1.66. The van der Waals surface area contributed by atoms with Crippen LogP contribution in [0.2, 0.25) is 0 Å². The largest absolute Gasteiger partial charge is 0.496 e. The lowest BCUT2D eigenvalue weighted by molar-refractivity contribution is 0.180. The number of rotatable bonds is 5. The van der Waals surface area contributed by atoms with Crippen molar-refractivity contribution >= 4 is 0 Å². The number of aryl methyl sites for hydroxylation is 1. The Morgan fingerprint density at radius 3 is 2.60 bits per heavy atom. The summed E-state index contributed by atoms with van der Waals surface area (Å²) in [7, 11) is 3.36. The molecule has 0 fully saturated rings. The molecule has 1 aromatic carbocycles. The average molecular weight is 209 g/mol. The molecular formula is C12H19NO2. The molecule has 0 bridgehead atoms. The van der Waals surface area contributed by atoms with E-state index < -0.39 is 0 Å². The van der Waals surface area contributed by atoms with Crippen molar-refractivity contribution in [2.75, 3.05) is 27.4 Å². The van der Waals surface area contributed by atoms with E-state index in [0.717, 1.165) is 11.3 Å². The zero-order valence-corrected chi connectivity index (χ0v) is 9.62. The van der Waals surface area contributed by atoms with Crippen molar-refractivity contribution in [3.63, 3.8) is 0 Å². The van der Waals surface area contributed by atoms with Gasteiger partial charge in [0.05, 0.1) is 13.7 Å².